The number of hydrogen-bond donors (Lipinski definition) is 0. The van der Waals surface area contributed by atoms with Crippen molar-refractivity contribution in [2.45, 2.75) is 12.8 Å². The smallest absolute Gasteiger partial charge is 0.160 e. The van der Waals surface area contributed by atoms with E-state index in [1.807, 2.05) is 34.8 Å². The first kappa shape index (κ1) is 32.6. The molecule has 0 saturated heterocycles. The second-order valence-corrected chi connectivity index (χ2v) is 17.1. The highest BCUT2D eigenvalue weighted by Gasteiger charge is 2.15. The molecule has 0 amide bonds. The molecular formula is C43H31NOS5. The standard InChI is InChI=1S/C43H31NOS5/c45-29-40-23-26-43(50-40)32-9-15-35(16-10-32)44(33-11-5-30(6-12-33)41-24-21-38(48-41)19-17-36-3-1-27-46-36)34-13-7-31(8-14-34)42-25-22-39(49-42)20-18-37-4-2-28-47-37/h1-17,19,21-29H,18,20H2/b19-17+. The van der Waals surface area contributed by atoms with Crippen LogP contribution in [0, 0.1) is 0 Å². The Morgan fingerprint density at radius 3 is 1.48 bits per heavy atom. The Kier molecular flexibility index (Phi) is 9.83. The highest BCUT2D eigenvalue weighted by molar-refractivity contribution is 7.17. The van der Waals surface area contributed by atoms with Gasteiger partial charge in [-0.15, -0.1) is 56.7 Å². The minimum absolute atomic E-state index is 0.739. The third-order valence-electron chi connectivity index (χ3n) is 8.41. The Hall–Kier alpha value is -4.63. The molecule has 50 heavy (non-hydrogen) atoms. The molecule has 0 unspecified atom stereocenters. The van der Waals surface area contributed by atoms with E-state index in [2.05, 4.69) is 149 Å². The Balaban J connectivity index is 1.07. The number of carbonyl (C=O) groups excluding carboxylic acids is 1. The first-order chi connectivity index (χ1) is 24.7. The van der Waals surface area contributed by atoms with Crippen molar-refractivity contribution in [2.75, 3.05) is 4.90 Å². The minimum atomic E-state index is 0.739. The molecular weight excluding hydrogens is 707 g/mol. The van der Waals surface area contributed by atoms with E-state index < -0.39 is 0 Å². The van der Waals surface area contributed by atoms with Crippen molar-refractivity contribution in [1.82, 2.24) is 0 Å². The predicted molar refractivity (Wildman–Crippen MR) is 221 cm³/mol. The Morgan fingerprint density at radius 1 is 0.440 bits per heavy atom. The summed E-state index contributed by atoms with van der Waals surface area (Å²) in [5.74, 6) is 0. The summed E-state index contributed by atoms with van der Waals surface area (Å²) in [5.41, 5.74) is 6.81. The SMILES string of the molecule is O=Cc1ccc(-c2ccc(N(c3ccc(-c4ccc(/C=C/c5cccs5)s4)cc3)c3ccc(-c4ccc(CCc5cccs5)s4)cc3)cc2)s1. The van der Waals surface area contributed by atoms with Gasteiger partial charge in [-0.1, -0.05) is 48.5 Å². The first-order valence-corrected chi connectivity index (χ1v) is 20.5. The number of aldehydes is 1. The molecule has 3 aromatic carbocycles. The van der Waals surface area contributed by atoms with Crippen LogP contribution >= 0.6 is 56.7 Å². The summed E-state index contributed by atoms with van der Waals surface area (Å²) in [5, 5.41) is 4.26. The van der Waals surface area contributed by atoms with E-state index in [0.717, 1.165) is 51.5 Å². The maximum Gasteiger partial charge on any atom is 0.160 e. The highest BCUT2D eigenvalue weighted by Crippen LogP contribution is 2.40. The third kappa shape index (κ3) is 7.43. The summed E-state index contributed by atoms with van der Waals surface area (Å²) in [6.07, 6.45) is 7.46. The fourth-order valence-corrected chi connectivity index (χ4v) is 9.94. The summed E-state index contributed by atoms with van der Waals surface area (Å²) in [7, 11) is 0. The summed E-state index contributed by atoms with van der Waals surface area (Å²) >= 11 is 8.80. The van der Waals surface area contributed by atoms with Crippen LogP contribution in [0.5, 0.6) is 0 Å². The maximum atomic E-state index is 11.3. The van der Waals surface area contributed by atoms with Crippen molar-refractivity contribution >= 4 is 92.2 Å². The molecule has 0 aliphatic rings. The van der Waals surface area contributed by atoms with Crippen LogP contribution in [-0.2, 0) is 12.8 Å². The zero-order valence-corrected chi connectivity index (χ0v) is 31.0. The molecule has 5 aromatic heterocycles. The molecule has 7 heteroatoms. The van der Waals surface area contributed by atoms with Crippen molar-refractivity contribution in [3.8, 4) is 31.3 Å². The number of thiophene rings is 5. The lowest BCUT2D eigenvalue weighted by molar-refractivity contribution is 0.112. The molecule has 0 radical (unpaired) electrons. The summed E-state index contributed by atoms with van der Waals surface area (Å²) in [4.78, 5) is 23.3. The lowest BCUT2D eigenvalue weighted by Gasteiger charge is -2.26. The van der Waals surface area contributed by atoms with Gasteiger partial charge >= 0.3 is 0 Å². The average Bonchev–Trinajstić information content (AvgIpc) is 4.01. The minimum Gasteiger partial charge on any atom is -0.311 e. The number of anilines is 3. The molecule has 0 atom stereocenters. The fraction of sp³-hybridized carbons (Fsp3) is 0.0465. The van der Waals surface area contributed by atoms with Crippen LogP contribution in [0.4, 0.5) is 17.1 Å². The number of hydrogen-bond acceptors (Lipinski definition) is 7. The molecule has 8 rings (SSSR count). The molecule has 0 N–H and O–H groups in total. The Morgan fingerprint density at radius 2 is 0.940 bits per heavy atom. The summed E-state index contributed by atoms with van der Waals surface area (Å²) in [6.45, 7) is 0. The number of aryl methyl sites for hydroxylation is 2. The third-order valence-corrected chi connectivity index (χ3v) is 13.5. The molecule has 0 fully saturated rings. The lowest BCUT2D eigenvalue weighted by atomic mass is 10.1. The van der Waals surface area contributed by atoms with Gasteiger partial charge in [0.2, 0.25) is 0 Å². The molecule has 244 valence electrons. The molecule has 8 aromatic rings. The summed E-state index contributed by atoms with van der Waals surface area (Å²) < 4.78 is 0. The van der Waals surface area contributed by atoms with Crippen molar-refractivity contribution in [2.24, 2.45) is 0 Å². The molecule has 0 spiro atoms. The van der Waals surface area contributed by atoms with Gasteiger partial charge in [-0.25, -0.2) is 0 Å². The van der Waals surface area contributed by atoms with Crippen LogP contribution in [0.2, 0.25) is 0 Å². The lowest BCUT2D eigenvalue weighted by Crippen LogP contribution is -2.09. The summed E-state index contributed by atoms with van der Waals surface area (Å²) in [6, 6.07) is 47.8. The Bertz CT molecular complexity index is 2320. The average molecular weight is 738 g/mol. The van der Waals surface area contributed by atoms with Gasteiger partial charge in [0.15, 0.2) is 6.29 Å². The first-order valence-electron chi connectivity index (χ1n) is 16.3. The van der Waals surface area contributed by atoms with Gasteiger partial charge in [0.1, 0.15) is 0 Å². The quantitative estimate of drug-likeness (QED) is 0.116. The van der Waals surface area contributed by atoms with Crippen molar-refractivity contribution < 1.29 is 4.79 Å². The monoisotopic (exact) mass is 737 g/mol. The van der Waals surface area contributed by atoms with E-state index in [1.54, 1.807) is 22.7 Å². The van der Waals surface area contributed by atoms with Gasteiger partial charge in [-0.05, 0) is 137 Å². The topological polar surface area (TPSA) is 20.3 Å². The van der Waals surface area contributed by atoms with E-state index in [-0.39, 0.29) is 0 Å². The van der Waals surface area contributed by atoms with Gasteiger partial charge in [0.05, 0.1) is 4.88 Å². The van der Waals surface area contributed by atoms with E-state index in [4.69, 9.17) is 0 Å². The van der Waals surface area contributed by atoms with Gasteiger partial charge in [0.25, 0.3) is 0 Å². The predicted octanol–water partition coefficient (Wildman–Crippen LogP) is 14.2. The highest BCUT2D eigenvalue weighted by atomic mass is 32.1. The van der Waals surface area contributed by atoms with Crippen LogP contribution in [0.3, 0.4) is 0 Å². The number of benzene rings is 3. The van der Waals surface area contributed by atoms with Gasteiger partial charge in [0, 0.05) is 51.2 Å². The van der Waals surface area contributed by atoms with Gasteiger partial charge < -0.3 is 4.90 Å². The normalized spacial score (nSPS) is 11.4. The second kappa shape index (κ2) is 15.1. The molecule has 2 nitrogen and oxygen atoms in total. The molecule has 5 heterocycles. The second-order valence-electron chi connectivity index (χ2n) is 11.7. The largest absolute Gasteiger partial charge is 0.311 e. The van der Waals surface area contributed by atoms with E-state index in [9.17, 15) is 4.79 Å². The molecule has 0 bridgehead atoms. The van der Waals surface area contributed by atoms with Crippen LogP contribution in [-0.4, -0.2) is 6.29 Å². The molecule has 0 saturated carbocycles. The van der Waals surface area contributed by atoms with Gasteiger partial charge in [-0.2, -0.15) is 0 Å². The maximum absolute atomic E-state index is 11.3. The van der Waals surface area contributed by atoms with Crippen LogP contribution in [0.25, 0.3) is 43.5 Å². The van der Waals surface area contributed by atoms with E-state index >= 15 is 0 Å². The van der Waals surface area contributed by atoms with E-state index in [1.165, 1.54) is 51.7 Å². The number of nitrogens with zero attached hydrogens (tertiary/aromatic N) is 1. The number of rotatable bonds is 12. The van der Waals surface area contributed by atoms with Crippen molar-refractivity contribution in [1.29, 1.82) is 0 Å². The van der Waals surface area contributed by atoms with Crippen molar-refractivity contribution in [3.05, 3.63) is 169 Å². The molecule has 0 aliphatic heterocycles. The van der Waals surface area contributed by atoms with Crippen LogP contribution < -0.4 is 4.90 Å². The zero-order valence-electron chi connectivity index (χ0n) is 26.9. The van der Waals surface area contributed by atoms with E-state index in [0.29, 0.717) is 0 Å². The van der Waals surface area contributed by atoms with Crippen molar-refractivity contribution in [3.63, 3.8) is 0 Å². The van der Waals surface area contributed by atoms with Crippen LogP contribution in [0.15, 0.2) is 144 Å². The molecule has 0 aliphatic carbocycles. The number of carbonyl (C=O) groups is 1. The fourth-order valence-electron chi connectivity index (χ4n) is 5.86. The van der Waals surface area contributed by atoms with Gasteiger partial charge in [-0.3, -0.25) is 4.79 Å². The van der Waals surface area contributed by atoms with Crippen LogP contribution in [0.1, 0.15) is 29.2 Å². The Labute approximate surface area is 312 Å². The zero-order chi connectivity index (χ0) is 33.7.